The summed E-state index contributed by atoms with van der Waals surface area (Å²) < 4.78 is 27.9. The Bertz CT molecular complexity index is 747. The summed E-state index contributed by atoms with van der Waals surface area (Å²) in [7, 11) is -3.43. The second-order valence-corrected chi connectivity index (χ2v) is 7.91. The normalized spacial score (nSPS) is 20.4. The van der Waals surface area contributed by atoms with Crippen LogP contribution >= 0.6 is 0 Å². The number of nitrogens with zero attached hydrogens (tertiary/aromatic N) is 1. The molecular formula is C17H21NO2S. The Morgan fingerprint density at radius 1 is 1.10 bits per heavy atom. The average molecular weight is 303 g/mol. The average Bonchev–Trinajstić information content (AvgIpc) is 2.97. The van der Waals surface area contributed by atoms with Crippen molar-refractivity contribution in [2.45, 2.75) is 37.6 Å². The Morgan fingerprint density at radius 2 is 1.81 bits per heavy atom. The van der Waals surface area contributed by atoms with E-state index in [4.69, 9.17) is 0 Å². The molecule has 21 heavy (non-hydrogen) atoms. The Hall–Kier alpha value is -1.39. The summed E-state index contributed by atoms with van der Waals surface area (Å²) in [5.74, 6) is 0.345. The van der Waals surface area contributed by atoms with Gasteiger partial charge < -0.3 is 0 Å². The molecule has 0 aliphatic carbocycles. The molecule has 1 heterocycles. The number of benzene rings is 2. The highest BCUT2D eigenvalue weighted by molar-refractivity contribution is 7.89. The fourth-order valence-electron chi connectivity index (χ4n) is 3.28. The van der Waals surface area contributed by atoms with Crippen LogP contribution in [0.4, 0.5) is 0 Å². The lowest BCUT2D eigenvalue weighted by Crippen LogP contribution is -2.38. The molecule has 1 atom stereocenters. The lowest BCUT2D eigenvalue weighted by atomic mass is 10.0. The zero-order valence-electron chi connectivity index (χ0n) is 12.5. The Balaban J connectivity index is 2.13. The highest BCUT2D eigenvalue weighted by Crippen LogP contribution is 2.32. The third-order valence-corrected chi connectivity index (χ3v) is 6.34. The minimum absolute atomic E-state index is 0.119. The third-order valence-electron chi connectivity index (χ3n) is 4.35. The number of hydrogen-bond donors (Lipinski definition) is 0. The van der Waals surface area contributed by atoms with E-state index in [1.54, 1.807) is 10.4 Å². The summed E-state index contributed by atoms with van der Waals surface area (Å²) in [6.07, 6.45) is 1.91. The van der Waals surface area contributed by atoms with Crippen molar-refractivity contribution in [3.8, 4) is 0 Å². The molecule has 0 N–H and O–H groups in total. The minimum atomic E-state index is -3.43. The van der Waals surface area contributed by atoms with Crippen LogP contribution in [-0.2, 0) is 10.0 Å². The van der Waals surface area contributed by atoms with Crippen molar-refractivity contribution in [1.29, 1.82) is 0 Å². The van der Waals surface area contributed by atoms with Gasteiger partial charge in [0.25, 0.3) is 0 Å². The van der Waals surface area contributed by atoms with E-state index in [0.29, 0.717) is 17.4 Å². The van der Waals surface area contributed by atoms with Gasteiger partial charge in [-0.25, -0.2) is 8.42 Å². The van der Waals surface area contributed by atoms with Gasteiger partial charge in [-0.2, -0.15) is 4.31 Å². The van der Waals surface area contributed by atoms with Gasteiger partial charge in [0.2, 0.25) is 10.0 Å². The lowest BCUT2D eigenvalue weighted by Gasteiger charge is -2.27. The van der Waals surface area contributed by atoms with Crippen LogP contribution in [0.15, 0.2) is 47.4 Å². The fourth-order valence-corrected chi connectivity index (χ4v) is 5.32. The van der Waals surface area contributed by atoms with Crippen molar-refractivity contribution < 1.29 is 8.42 Å². The molecule has 1 unspecified atom stereocenters. The molecule has 1 aliphatic rings. The van der Waals surface area contributed by atoms with Gasteiger partial charge in [0, 0.05) is 18.0 Å². The molecule has 1 aliphatic heterocycles. The summed E-state index contributed by atoms with van der Waals surface area (Å²) in [4.78, 5) is 0.438. The second kappa shape index (κ2) is 5.43. The molecule has 4 heteroatoms. The van der Waals surface area contributed by atoms with Gasteiger partial charge in [-0.3, -0.25) is 0 Å². The molecule has 112 valence electrons. The number of fused-ring (bicyclic) bond motifs is 1. The summed E-state index contributed by atoms with van der Waals surface area (Å²) in [5.41, 5.74) is 0. The van der Waals surface area contributed by atoms with E-state index in [1.807, 2.05) is 36.4 Å². The van der Waals surface area contributed by atoms with Crippen LogP contribution in [0.3, 0.4) is 0 Å². The van der Waals surface area contributed by atoms with Gasteiger partial charge in [-0.1, -0.05) is 50.2 Å². The summed E-state index contributed by atoms with van der Waals surface area (Å²) in [5, 5.41) is 1.79. The first kappa shape index (κ1) is 14.5. The smallest absolute Gasteiger partial charge is 0.207 e. The number of sulfonamides is 1. The standard InChI is InChI=1S/C17H21NO2S/c1-13(2)16-10-6-12-18(16)21(19,20)17-11-5-8-14-7-3-4-9-15(14)17/h3-5,7-9,11,13,16H,6,10,12H2,1-2H3. The highest BCUT2D eigenvalue weighted by atomic mass is 32.2. The Kier molecular flexibility index (Phi) is 3.76. The van der Waals surface area contributed by atoms with Crippen LogP contribution in [0.5, 0.6) is 0 Å². The molecule has 0 aromatic heterocycles. The second-order valence-electron chi connectivity index (χ2n) is 6.05. The topological polar surface area (TPSA) is 37.4 Å². The van der Waals surface area contributed by atoms with E-state index in [-0.39, 0.29) is 6.04 Å². The predicted molar refractivity (Wildman–Crippen MR) is 85.7 cm³/mol. The molecule has 0 spiro atoms. The van der Waals surface area contributed by atoms with Crippen LogP contribution in [0, 0.1) is 5.92 Å². The third kappa shape index (κ3) is 2.47. The van der Waals surface area contributed by atoms with Gasteiger partial charge in [-0.05, 0) is 30.2 Å². The summed E-state index contributed by atoms with van der Waals surface area (Å²) in [6.45, 7) is 4.83. The SMILES string of the molecule is CC(C)C1CCCN1S(=O)(=O)c1cccc2ccccc12. The van der Waals surface area contributed by atoms with Crippen molar-refractivity contribution in [2.24, 2.45) is 5.92 Å². The van der Waals surface area contributed by atoms with Gasteiger partial charge in [0.15, 0.2) is 0 Å². The van der Waals surface area contributed by atoms with E-state index in [1.165, 1.54) is 0 Å². The molecule has 1 fully saturated rings. The van der Waals surface area contributed by atoms with Crippen molar-refractivity contribution in [3.63, 3.8) is 0 Å². The fraction of sp³-hybridized carbons (Fsp3) is 0.412. The molecule has 2 aromatic carbocycles. The van der Waals surface area contributed by atoms with Crippen molar-refractivity contribution in [3.05, 3.63) is 42.5 Å². The molecule has 3 rings (SSSR count). The molecule has 3 nitrogen and oxygen atoms in total. The van der Waals surface area contributed by atoms with Gasteiger partial charge in [0.1, 0.15) is 0 Å². The lowest BCUT2D eigenvalue weighted by molar-refractivity contribution is 0.316. The van der Waals surface area contributed by atoms with Gasteiger partial charge >= 0.3 is 0 Å². The largest absolute Gasteiger partial charge is 0.243 e. The highest BCUT2D eigenvalue weighted by Gasteiger charge is 2.37. The zero-order chi connectivity index (χ0) is 15.0. The van der Waals surface area contributed by atoms with Crippen LogP contribution in [0.1, 0.15) is 26.7 Å². The van der Waals surface area contributed by atoms with Crippen LogP contribution in [0.25, 0.3) is 10.8 Å². The Morgan fingerprint density at radius 3 is 2.57 bits per heavy atom. The Labute approximate surface area is 126 Å². The molecule has 2 aromatic rings. The molecular weight excluding hydrogens is 282 g/mol. The predicted octanol–water partition coefficient (Wildman–Crippen LogP) is 3.65. The van der Waals surface area contributed by atoms with Crippen molar-refractivity contribution in [2.75, 3.05) is 6.54 Å². The molecule has 0 bridgehead atoms. The zero-order valence-corrected chi connectivity index (χ0v) is 13.3. The number of hydrogen-bond acceptors (Lipinski definition) is 2. The maximum Gasteiger partial charge on any atom is 0.243 e. The van der Waals surface area contributed by atoms with Crippen LogP contribution < -0.4 is 0 Å². The van der Waals surface area contributed by atoms with Gasteiger partial charge in [-0.15, -0.1) is 0 Å². The first-order valence-electron chi connectivity index (χ1n) is 7.51. The molecule has 0 amide bonds. The van der Waals surface area contributed by atoms with E-state index < -0.39 is 10.0 Å². The monoisotopic (exact) mass is 303 g/mol. The molecule has 1 saturated heterocycles. The van der Waals surface area contributed by atoms with E-state index in [9.17, 15) is 8.42 Å². The maximum atomic E-state index is 13.1. The molecule has 0 radical (unpaired) electrons. The summed E-state index contributed by atoms with van der Waals surface area (Å²) >= 11 is 0. The molecule has 0 saturated carbocycles. The van der Waals surface area contributed by atoms with Crippen molar-refractivity contribution in [1.82, 2.24) is 4.31 Å². The quantitative estimate of drug-likeness (QED) is 0.868. The minimum Gasteiger partial charge on any atom is -0.207 e. The van der Waals surface area contributed by atoms with Crippen LogP contribution in [-0.4, -0.2) is 25.3 Å². The van der Waals surface area contributed by atoms with E-state index in [2.05, 4.69) is 13.8 Å². The summed E-state index contributed by atoms with van der Waals surface area (Å²) in [6, 6.07) is 13.3. The number of rotatable bonds is 3. The first-order chi connectivity index (χ1) is 10.0. The van der Waals surface area contributed by atoms with Gasteiger partial charge in [0.05, 0.1) is 4.90 Å². The van der Waals surface area contributed by atoms with Crippen molar-refractivity contribution >= 4 is 20.8 Å². The maximum absolute atomic E-state index is 13.1. The first-order valence-corrected chi connectivity index (χ1v) is 8.95. The van der Waals surface area contributed by atoms with E-state index >= 15 is 0 Å². The van der Waals surface area contributed by atoms with E-state index in [0.717, 1.165) is 23.6 Å². The van der Waals surface area contributed by atoms with Crippen LogP contribution in [0.2, 0.25) is 0 Å².